The van der Waals surface area contributed by atoms with Crippen LogP contribution in [0.3, 0.4) is 0 Å². The van der Waals surface area contributed by atoms with Crippen molar-refractivity contribution in [1.29, 1.82) is 0 Å². The Hall–Kier alpha value is -1.91. The molecule has 1 saturated heterocycles. The third kappa shape index (κ3) is 4.08. The first-order valence-electron chi connectivity index (χ1n) is 9.71. The zero-order chi connectivity index (χ0) is 20.3. The molecule has 154 valence electrons. The van der Waals surface area contributed by atoms with Crippen LogP contribution < -0.4 is 5.73 Å². The van der Waals surface area contributed by atoms with E-state index in [1.165, 1.54) is 6.33 Å². The van der Waals surface area contributed by atoms with E-state index in [0.717, 1.165) is 17.9 Å². The number of hydrogen-bond acceptors (Lipinski definition) is 8. The van der Waals surface area contributed by atoms with Gasteiger partial charge in [-0.2, -0.15) is 0 Å². The quantitative estimate of drug-likeness (QED) is 0.545. The summed E-state index contributed by atoms with van der Waals surface area (Å²) in [6.45, 7) is 5.60. The molecular formula is C19H30N6O3. The molecular weight excluding hydrogens is 360 g/mol. The average Bonchev–Trinajstić information content (AvgIpc) is 3.15. The lowest BCUT2D eigenvalue weighted by molar-refractivity contribution is -0.0428. The molecule has 0 radical (unpaired) electrons. The molecule has 9 heteroatoms. The van der Waals surface area contributed by atoms with Crippen molar-refractivity contribution in [3.05, 3.63) is 30.0 Å². The van der Waals surface area contributed by atoms with Crippen LogP contribution in [0.4, 0.5) is 0 Å². The van der Waals surface area contributed by atoms with Crippen LogP contribution in [0.1, 0.15) is 31.1 Å². The van der Waals surface area contributed by atoms with E-state index >= 15 is 0 Å². The minimum absolute atomic E-state index is 0.480. The van der Waals surface area contributed by atoms with Crippen LogP contribution in [0.5, 0.6) is 0 Å². The topological polar surface area (TPSA) is 123 Å². The number of aryl methyl sites for hydroxylation is 2. The van der Waals surface area contributed by atoms with Gasteiger partial charge < -0.3 is 25.6 Å². The summed E-state index contributed by atoms with van der Waals surface area (Å²) in [4.78, 5) is 15.3. The Morgan fingerprint density at radius 2 is 2.07 bits per heavy atom. The zero-order valence-corrected chi connectivity index (χ0v) is 16.7. The standard InChI is InChI=1S/C19H30N6O3/c1-4-7-14-23-15-12(2)21-11-22-18(15)25(14)19-17(27)16(26)13(28-19)10-24(3)9-6-5-8-20/h5-6,11,13,16-17,19,26-27H,4,7-10,20H2,1-3H3/b6-5-/t13-,16-,17-,19-/m1/s1. The summed E-state index contributed by atoms with van der Waals surface area (Å²) in [5, 5.41) is 21.3. The fourth-order valence-electron chi connectivity index (χ4n) is 3.56. The number of nitrogens with two attached hydrogens (primary N) is 1. The molecule has 28 heavy (non-hydrogen) atoms. The minimum Gasteiger partial charge on any atom is -0.387 e. The van der Waals surface area contributed by atoms with Crippen LogP contribution in [0.25, 0.3) is 11.2 Å². The highest BCUT2D eigenvalue weighted by molar-refractivity contribution is 5.73. The highest BCUT2D eigenvalue weighted by Crippen LogP contribution is 2.33. The molecule has 3 rings (SSSR count). The van der Waals surface area contributed by atoms with Gasteiger partial charge in [0.05, 0.1) is 5.69 Å². The van der Waals surface area contributed by atoms with Gasteiger partial charge in [0, 0.05) is 26.1 Å². The van der Waals surface area contributed by atoms with Crippen LogP contribution in [-0.4, -0.2) is 79.6 Å². The zero-order valence-electron chi connectivity index (χ0n) is 16.7. The van der Waals surface area contributed by atoms with Gasteiger partial charge in [0.2, 0.25) is 0 Å². The Balaban J connectivity index is 1.86. The summed E-state index contributed by atoms with van der Waals surface area (Å²) >= 11 is 0. The molecule has 0 amide bonds. The second-order valence-electron chi connectivity index (χ2n) is 7.25. The lowest BCUT2D eigenvalue weighted by atomic mass is 10.1. The Labute approximate surface area is 164 Å². The molecule has 2 aromatic heterocycles. The van der Waals surface area contributed by atoms with Gasteiger partial charge in [0.1, 0.15) is 36.0 Å². The first kappa shape index (κ1) is 20.8. The maximum atomic E-state index is 10.7. The van der Waals surface area contributed by atoms with Crippen molar-refractivity contribution in [2.45, 2.75) is 51.2 Å². The van der Waals surface area contributed by atoms with Crippen molar-refractivity contribution >= 4 is 11.2 Å². The molecule has 0 spiro atoms. The maximum absolute atomic E-state index is 10.7. The first-order chi connectivity index (χ1) is 13.5. The van der Waals surface area contributed by atoms with Gasteiger partial charge in [0.25, 0.3) is 0 Å². The summed E-state index contributed by atoms with van der Waals surface area (Å²) in [6, 6.07) is 0. The highest BCUT2D eigenvalue weighted by atomic mass is 16.6. The molecule has 9 nitrogen and oxygen atoms in total. The van der Waals surface area contributed by atoms with Crippen molar-refractivity contribution in [2.24, 2.45) is 5.73 Å². The van der Waals surface area contributed by atoms with Crippen molar-refractivity contribution in [1.82, 2.24) is 24.4 Å². The van der Waals surface area contributed by atoms with Gasteiger partial charge in [-0.05, 0) is 20.4 Å². The summed E-state index contributed by atoms with van der Waals surface area (Å²) in [7, 11) is 1.93. The lowest BCUT2D eigenvalue weighted by Crippen LogP contribution is -2.38. The van der Waals surface area contributed by atoms with Crippen LogP contribution in [-0.2, 0) is 11.2 Å². The van der Waals surface area contributed by atoms with Crippen LogP contribution in [0, 0.1) is 6.92 Å². The van der Waals surface area contributed by atoms with E-state index in [4.69, 9.17) is 10.5 Å². The van der Waals surface area contributed by atoms with Crippen molar-refractivity contribution < 1.29 is 14.9 Å². The number of hydrogen-bond donors (Lipinski definition) is 3. The number of likely N-dealkylation sites (N-methyl/N-ethyl adjacent to an activating group) is 1. The average molecular weight is 390 g/mol. The molecule has 0 aromatic carbocycles. The second kappa shape index (κ2) is 9.06. The van der Waals surface area contributed by atoms with Crippen molar-refractivity contribution in [2.75, 3.05) is 26.7 Å². The molecule has 3 heterocycles. The van der Waals surface area contributed by atoms with Crippen LogP contribution >= 0.6 is 0 Å². The molecule has 0 aliphatic carbocycles. The SMILES string of the molecule is CCCc1nc2c(C)ncnc2n1[C@@H]1O[C@H](CN(C)C/C=C\CN)[C@@H](O)[C@H]1O. The molecule has 4 atom stereocenters. The van der Waals surface area contributed by atoms with E-state index in [9.17, 15) is 10.2 Å². The molecule has 1 aliphatic rings. The van der Waals surface area contributed by atoms with Gasteiger partial charge in [-0.3, -0.25) is 4.57 Å². The lowest BCUT2D eigenvalue weighted by Gasteiger charge is -2.22. The van der Waals surface area contributed by atoms with E-state index in [-0.39, 0.29) is 0 Å². The van der Waals surface area contributed by atoms with Gasteiger partial charge >= 0.3 is 0 Å². The largest absolute Gasteiger partial charge is 0.387 e. The smallest absolute Gasteiger partial charge is 0.166 e. The van der Waals surface area contributed by atoms with Gasteiger partial charge in [-0.25, -0.2) is 15.0 Å². The number of nitrogens with zero attached hydrogens (tertiary/aromatic N) is 5. The number of rotatable bonds is 8. The van der Waals surface area contributed by atoms with E-state index in [1.807, 2.05) is 35.6 Å². The third-order valence-electron chi connectivity index (χ3n) is 5.01. The Bertz CT molecular complexity index is 823. The molecule has 0 saturated carbocycles. The Morgan fingerprint density at radius 1 is 1.29 bits per heavy atom. The fraction of sp³-hybridized carbons (Fsp3) is 0.632. The normalized spacial score (nSPS) is 25.5. The van der Waals surface area contributed by atoms with E-state index in [2.05, 4.69) is 21.9 Å². The number of imidazole rings is 1. The summed E-state index contributed by atoms with van der Waals surface area (Å²) in [6.07, 6.45) is 3.61. The van der Waals surface area contributed by atoms with Gasteiger partial charge in [-0.15, -0.1) is 0 Å². The van der Waals surface area contributed by atoms with Crippen LogP contribution in [0.15, 0.2) is 18.5 Å². The van der Waals surface area contributed by atoms with E-state index in [0.29, 0.717) is 37.2 Å². The molecule has 0 bridgehead atoms. The minimum atomic E-state index is -1.07. The predicted molar refractivity (Wildman–Crippen MR) is 106 cm³/mol. The molecule has 1 aliphatic heterocycles. The molecule has 1 fully saturated rings. The van der Waals surface area contributed by atoms with Crippen molar-refractivity contribution in [3.63, 3.8) is 0 Å². The fourth-order valence-corrected chi connectivity index (χ4v) is 3.56. The summed E-state index contributed by atoms with van der Waals surface area (Å²) in [5.41, 5.74) is 7.55. The maximum Gasteiger partial charge on any atom is 0.166 e. The number of aliphatic hydroxyl groups is 2. The summed E-state index contributed by atoms with van der Waals surface area (Å²) < 4.78 is 7.93. The Morgan fingerprint density at radius 3 is 2.79 bits per heavy atom. The number of aromatic nitrogens is 4. The van der Waals surface area contributed by atoms with Gasteiger partial charge in [0.15, 0.2) is 11.9 Å². The highest BCUT2D eigenvalue weighted by Gasteiger charge is 2.45. The number of fused-ring (bicyclic) bond motifs is 1. The monoisotopic (exact) mass is 390 g/mol. The number of aliphatic hydroxyl groups excluding tert-OH is 2. The number of ether oxygens (including phenoxy) is 1. The molecule has 0 unspecified atom stereocenters. The van der Waals surface area contributed by atoms with Gasteiger partial charge in [-0.1, -0.05) is 19.1 Å². The summed E-state index contributed by atoms with van der Waals surface area (Å²) in [5.74, 6) is 0.775. The molecule has 2 aromatic rings. The third-order valence-corrected chi connectivity index (χ3v) is 5.01. The first-order valence-corrected chi connectivity index (χ1v) is 9.71. The predicted octanol–water partition coefficient (Wildman–Crippen LogP) is 0.153. The Kier molecular flexibility index (Phi) is 6.73. The van der Waals surface area contributed by atoms with Crippen LogP contribution in [0.2, 0.25) is 0 Å². The second-order valence-corrected chi connectivity index (χ2v) is 7.25. The van der Waals surface area contributed by atoms with E-state index in [1.54, 1.807) is 0 Å². The molecule has 4 N–H and O–H groups in total. The van der Waals surface area contributed by atoms with Crippen molar-refractivity contribution in [3.8, 4) is 0 Å². The van der Waals surface area contributed by atoms with E-state index < -0.39 is 24.5 Å².